The zero-order chi connectivity index (χ0) is 12.0. The Morgan fingerprint density at radius 2 is 2.06 bits per heavy atom. The minimum absolute atomic E-state index is 0.0172. The second kappa shape index (κ2) is 6.70. The molecule has 0 saturated carbocycles. The van der Waals surface area contributed by atoms with Crippen molar-refractivity contribution in [2.75, 3.05) is 11.2 Å². The van der Waals surface area contributed by atoms with Crippen LogP contribution in [0.1, 0.15) is 13.8 Å². The van der Waals surface area contributed by atoms with Crippen molar-refractivity contribution in [1.29, 1.82) is 0 Å². The van der Waals surface area contributed by atoms with Gasteiger partial charge in [0, 0.05) is 11.4 Å². The van der Waals surface area contributed by atoms with Crippen molar-refractivity contribution in [1.82, 2.24) is 0 Å². The molecule has 1 aromatic carbocycles. The van der Waals surface area contributed by atoms with Crippen molar-refractivity contribution in [3.8, 4) is 0 Å². The van der Waals surface area contributed by atoms with E-state index in [1.165, 1.54) is 18.7 Å². The van der Waals surface area contributed by atoms with Crippen molar-refractivity contribution in [3.63, 3.8) is 0 Å². The van der Waals surface area contributed by atoms with Gasteiger partial charge in [-0.2, -0.15) is 5.10 Å². The van der Waals surface area contributed by atoms with Crippen LogP contribution in [-0.2, 0) is 4.79 Å². The van der Waals surface area contributed by atoms with Crippen molar-refractivity contribution >= 4 is 44.2 Å². The lowest BCUT2D eigenvalue weighted by Crippen LogP contribution is -2.08. The zero-order valence-corrected chi connectivity index (χ0v) is 11.6. The number of hydrogen-bond acceptors (Lipinski definition) is 4. The third-order valence-electron chi connectivity index (χ3n) is 1.71. The van der Waals surface area contributed by atoms with Gasteiger partial charge in [-0.25, -0.2) is 0 Å². The minimum atomic E-state index is -0.0172. The Balaban J connectivity index is 2.69. The van der Waals surface area contributed by atoms with Gasteiger partial charge in [-0.05, 0) is 30.0 Å². The van der Waals surface area contributed by atoms with Crippen molar-refractivity contribution in [3.05, 3.63) is 28.7 Å². The summed E-state index contributed by atoms with van der Waals surface area (Å²) in [4.78, 5) is 11.2. The quantitative estimate of drug-likeness (QED) is 0.525. The third-order valence-corrected chi connectivity index (χ3v) is 3.18. The molecule has 3 nitrogen and oxygen atoms in total. The first-order valence-corrected chi connectivity index (χ1v) is 6.64. The number of thioether (sulfide) groups is 1. The maximum atomic E-state index is 11.2. The number of Topliss-reactive ketones (excluding diaryl/α,β-unsaturated/α-hetero) is 1. The maximum Gasteiger partial charge on any atom is 0.186 e. The standard InChI is InChI=1S/C11H13BrN2OS/c1-3-16-11(8(2)15)14-13-10-6-4-9(12)5-7-10/h4-7,13H,3H2,1-2H3/b14-11-. The van der Waals surface area contributed by atoms with Gasteiger partial charge in [-0.1, -0.05) is 22.9 Å². The SMILES string of the molecule is CCS/C(=N\Nc1ccc(Br)cc1)C(C)=O. The van der Waals surface area contributed by atoms with E-state index in [2.05, 4.69) is 26.5 Å². The summed E-state index contributed by atoms with van der Waals surface area (Å²) in [5.41, 5.74) is 3.72. The van der Waals surface area contributed by atoms with Gasteiger partial charge in [0.1, 0.15) is 0 Å². The number of nitrogens with zero attached hydrogens (tertiary/aromatic N) is 1. The van der Waals surface area contributed by atoms with Crippen molar-refractivity contribution in [2.45, 2.75) is 13.8 Å². The number of carbonyl (C=O) groups excluding carboxylic acids is 1. The van der Waals surface area contributed by atoms with Crippen LogP contribution < -0.4 is 5.43 Å². The second-order valence-corrected chi connectivity index (χ2v) is 5.19. The molecule has 0 atom stereocenters. The maximum absolute atomic E-state index is 11.2. The Hall–Kier alpha value is -0.810. The number of nitrogens with one attached hydrogen (secondary N) is 1. The van der Waals surface area contributed by atoms with Crippen LogP contribution in [0.5, 0.6) is 0 Å². The molecule has 16 heavy (non-hydrogen) atoms. The fourth-order valence-electron chi connectivity index (χ4n) is 0.989. The molecule has 0 aliphatic rings. The molecule has 0 bridgehead atoms. The first-order chi connectivity index (χ1) is 7.63. The number of ketones is 1. The Morgan fingerprint density at radius 1 is 1.44 bits per heavy atom. The van der Waals surface area contributed by atoms with Gasteiger partial charge in [-0.3, -0.25) is 10.2 Å². The summed E-state index contributed by atoms with van der Waals surface area (Å²) in [6.07, 6.45) is 0. The van der Waals surface area contributed by atoms with E-state index < -0.39 is 0 Å². The van der Waals surface area contributed by atoms with Crippen LogP contribution in [0.4, 0.5) is 5.69 Å². The van der Waals surface area contributed by atoms with E-state index in [4.69, 9.17) is 0 Å². The summed E-state index contributed by atoms with van der Waals surface area (Å²) < 4.78 is 1.01. The van der Waals surface area contributed by atoms with E-state index in [0.29, 0.717) is 5.04 Å². The highest BCUT2D eigenvalue weighted by molar-refractivity contribution is 9.10. The smallest absolute Gasteiger partial charge is 0.186 e. The fraction of sp³-hybridized carbons (Fsp3) is 0.273. The minimum Gasteiger partial charge on any atom is -0.292 e. The second-order valence-electron chi connectivity index (χ2n) is 3.02. The molecule has 0 aromatic heterocycles. The monoisotopic (exact) mass is 300 g/mol. The van der Waals surface area contributed by atoms with Crippen LogP contribution in [0.3, 0.4) is 0 Å². The number of hydrogen-bond donors (Lipinski definition) is 1. The van der Waals surface area contributed by atoms with Gasteiger partial charge < -0.3 is 0 Å². The Labute approximate surface area is 108 Å². The molecule has 5 heteroatoms. The number of benzene rings is 1. The summed E-state index contributed by atoms with van der Waals surface area (Å²) in [6.45, 7) is 3.51. The predicted octanol–water partition coefficient (Wildman–Crippen LogP) is 3.52. The highest BCUT2D eigenvalue weighted by Gasteiger charge is 2.04. The molecule has 1 N–H and O–H groups in total. The summed E-state index contributed by atoms with van der Waals surface area (Å²) >= 11 is 4.79. The summed E-state index contributed by atoms with van der Waals surface area (Å²) in [7, 11) is 0. The lowest BCUT2D eigenvalue weighted by Gasteiger charge is -2.03. The van der Waals surface area contributed by atoms with Crippen LogP contribution in [0.15, 0.2) is 33.8 Å². The van der Waals surface area contributed by atoms with E-state index in [9.17, 15) is 4.79 Å². The number of hydrazone groups is 1. The van der Waals surface area contributed by atoms with Gasteiger partial charge in [0.25, 0.3) is 0 Å². The summed E-state index contributed by atoms with van der Waals surface area (Å²) in [5, 5.41) is 4.58. The fourth-order valence-corrected chi connectivity index (χ4v) is 1.84. The molecule has 0 aliphatic heterocycles. The lowest BCUT2D eigenvalue weighted by molar-refractivity contribution is -0.110. The molecule has 0 aliphatic carbocycles. The molecule has 86 valence electrons. The molecule has 1 rings (SSSR count). The Morgan fingerprint density at radius 3 is 2.56 bits per heavy atom. The molecular weight excluding hydrogens is 288 g/mol. The van der Waals surface area contributed by atoms with Crippen LogP contribution in [0.2, 0.25) is 0 Å². The molecule has 0 saturated heterocycles. The zero-order valence-electron chi connectivity index (χ0n) is 9.16. The van der Waals surface area contributed by atoms with Gasteiger partial charge in [0.15, 0.2) is 10.8 Å². The van der Waals surface area contributed by atoms with Crippen LogP contribution in [0.25, 0.3) is 0 Å². The normalized spacial score (nSPS) is 11.3. The van der Waals surface area contributed by atoms with Gasteiger partial charge in [0.2, 0.25) is 0 Å². The highest BCUT2D eigenvalue weighted by Crippen LogP contribution is 2.14. The summed E-state index contributed by atoms with van der Waals surface area (Å²) in [6, 6.07) is 7.61. The molecule has 1 aromatic rings. The third kappa shape index (κ3) is 4.37. The van der Waals surface area contributed by atoms with Gasteiger partial charge in [0.05, 0.1) is 5.69 Å². The topological polar surface area (TPSA) is 41.5 Å². The van der Waals surface area contributed by atoms with Gasteiger partial charge in [-0.15, -0.1) is 11.8 Å². The van der Waals surface area contributed by atoms with Crippen molar-refractivity contribution in [2.24, 2.45) is 5.10 Å². The molecular formula is C11H13BrN2OS. The molecule has 0 heterocycles. The van der Waals surface area contributed by atoms with Gasteiger partial charge >= 0.3 is 0 Å². The summed E-state index contributed by atoms with van der Waals surface area (Å²) in [5.74, 6) is 0.817. The number of rotatable bonds is 4. The van der Waals surface area contributed by atoms with E-state index in [1.54, 1.807) is 0 Å². The first kappa shape index (κ1) is 13.3. The first-order valence-electron chi connectivity index (χ1n) is 4.86. The van der Waals surface area contributed by atoms with E-state index >= 15 is 0 Å². The average Bonchev–Trinajstić information content (AvgIpc) is 2.26. The van der Waals surface area contributed by atoms with E-state index in [1.807, 2.05) is 31.2 Å². The van der Waals surface area contributed by atoms with Crippen molar-refractivity contribution < 1.29 is 4.79 Å². The molecule has 0 unspecified atom stereocenters. The number of anilines is 1. The largest absolute Gasteiger partial charge is 0.292 e. The Bertz CT molecular complexity index is 389. The highest BCUT2D eigenvalue weighted by atomic mass is 79.9. The van der Waals surface area contributed by atoms with Crippen LogP contribution in [0, 0.1) is 0 Å². The average molecular weight is 301 g/mol. The molecule has 0 fully saturated rings. The van der Waals surface area contributed by atoms with Crippen LogP contribution >= 0.6 is 27.7 Å². The molecule has 0 spiro atoms. The Kier molecular flexibility index (Phi) is 5.55. The number of halogens is 1. The number of carbonyl (C=O) groups is 1. The predicted molar refractivity (Wildman–Crippen MR) is 74.0 cm³/mol. The van der Waals surface area contributed by atoms with E-state index in [-0.39, 0.29) is 5.78 Å². The molecule has 0 radical (unpaired) electrons. The molecule has 0 amide bonds. The van der Waals surface area contributed by atoms with Crippen LogP contribution in [-0.4, -0.2) is 16.6 Å². The lowest BCUT2D eigenvalue weighted by atomic mass is 10.3. The van der Waals surface area contributed by atoms with E-state index in [0.717, 1.165) is 15.9 Å².